The van der Waals surface area contributed by atoms with Gasteiger partial charge in [-0.1, -0.05) is 53.7 Å². The molecule has 0 radical (unpaired) electrons. The van der Waals surface area contributed by atoms with Crippen molar-refractivity contribution in [2.75, 3.05) is 25.4 Å². The first-order chi connectivity index (χ1) is 15.9. The van der Waals surface area contributed by atoms with Gasteiger partial charge in [0.25, 0.3) is 0 Å². The number of hydrogen-bond donors (Lipinski definition) is 2. The van der Waals surface area contributed by atoms with Crippen LogP contribution in [-0.2, 0) is 14.8 Å². The maximum Gasteiger partial charge on any atom is 0.243 e. The van der Waals surface area contributed by atoms with Crippen molar-refractivity contribution in [2.24, 2.45) is 5.92 Å². The van der Waals surface area contributed by atoms with Gasteiger partial charge < -0.3 is 5.32 Å². The molecule has 2 heterocycles. The summed E-state index contributed by atoms with van der Waals surface area (Å²) in [6, 6.07) is 15.8. The van der Waals surface area contributed by atoms with Crippen LogP contribution in [0.3, 0.4) is 0 Å². The molecule has 8 nitrogen and oxygen atoms in total. The lowest BCUT2D eigenvalue weighted by Crippen LogP contribution is -2.45. The van der Waals surface area contributed by atoms with Crippen molar-refractivity contribution < 1.29 is 13.2 Å². The maximum atomic E-state index is 12.9. The van der Waals surface area contributed by atoms with Gasteiger partial charge in [-0.25, -0.2) is 13.4 Å². The predicted molar refractivity (Wildman–Crippen MR) is 128 cm³/mol. The Morgan fingerprint density at radius 1 is 1.18 bits per heavy atom. The largest absolute Gasteiger partial charge is 0.355 e. The zero-order valence-electron chi connectivity index (χ0n) is 17.8. The molecule has 1 atom stereocenters. The van der Waals surface area contributed by atoms with Crippen molar-refractivity contribution in [2.45, 2.75) is 22.9 Å². The third-order valence-electron chi connectivity index (χ3n) is 5.35. The number of hydrogen-bond acceptors (Lipinski definition) is 6. The molecule has 1 fully saturated rings. The molecule has 2 aromatic carbocycles. The molecule has 1 aliphatic heterocycles. The quantitative estimate of drug-likeness (QED) is 0.358. The second kappa shape index (κ2) is 10.7. The molecule has 33 heavy (non-hydrogen) atoms. The molecule has 3 aromatic rings. The van der Waals surface area contributed by atoms with Gasteiger partial charge in [0.1, 0.15) is 0 Å². The minimum absolute atomic E-state index is 0.133. The minimum Gasteiger partial charge on any atom is -0.355 e. The van der Waals surface area contributed by atoms with Crippen LogP contribution in [0.15, 0.2) is 64.6 Å². The Hall–Kier alpha value is -2.40. The topological polar surface area (TPSA) is 108 Å². The lowest BCUT2D eigenvalue weighted by Gasteiger charge is -2.31. The third-order valence-corrected chi connectivity index (χ3v) is 8.33. The van der Waals surface area contributed by atoms with Crippen molar-refractivity contribution in [1.29, 1.82) is 0 Å². The molecule has 1 amide bonds. The lowest BCUT2D eigenvalue weighted by atomic mass is 9.99. The van der Waals surface area contributed by atoms with E-state index in [0.29, 0.717) is 47.7 Å². The van der Waals surface area contributed by atoms with Gasteiger partial charge >= 0.3 is 0 Å². The van der Waals surface area contributed by atoms with E-state index in [-0.39, 0.29) is 23.3 Å². The van der Waals surface area contributed by atoms with Crippen LogP contribution in [-0.4, -0.2) is 59.2 Å². The van der Waals surface area contributed by atoms with Crippen molar-refractivity contribution in [3.8, 4) is 11.4 Å². The highest BCUT2D eigenvalue weighted by molar-refractivity contribution is 7.99. The molecule has 0 saturated carbocycles. The molecule has 0 bridgehead atoms. The van der Waals surface area contributed by atoms with Crippen molar-refractivity contribution in [3.63, 3.8) is 0 Å². The van der Waals surface area contributed by atoms with Crippen LogP contribution in [0.1, 0.15) is 12.8 Å². The number of piperidine rings is 1. The first-order valence-electron chi connectivity index (χ1n) is 10.6. The summed E-state index contributed by atoms with van der Waals surface area (Å²) in [6.07, 6.45) is 1.30. The van der Waals surface area contributed by atoms with Crippen LogP contribution in [0.25, 0.3) is 11.4 Å². The van der Waals surface area contributed by atoms with Crippen molar-refractivity contribution in [3.05, 3.63) is 59.6 Å². The number of carbonyl (C=O) groups is 1. The molecule has 2 N–H and O–H groups in total. The number of amides is 1. The van der Waals surface area contributed by atoms with Crippen LogP contribution in [0.4, 0.5) is 0 Å². The zero-order chi connectivity index (χ0) is 23.3. The smallest absolute Gasteiger partial charge is 0.243 e. The van der Waals surface area contributed by atoms with E-state index in [9.17, 15) is 13.2 Å². The monoisotopic (exact) mass is 505 g/mol. The molecule has 4 rings (SSSR count). The first-order valence-corrected chi connectivity index (χ1v) is 13.4. The van der Waals surface area contributed by atoms with Gasteiger partial charge in [0.15, 0.2) is 5.82 Å². The predicted octanol–water partition coefficient (Wildman–Crippen LogP) is 3.43. The zero-order valence-corrected chi connectivity index (χ0v) is 20.2. The van der Waals surface area contributed by atoms with Crippen molar-refractivity contribution in [1.82, 2.24) is 24.8 Å². The average Bonchev–Trinajstić information content (AvgIpc) is 3.32. The van der Waals surface area contributed by atoms with E-state index in [1.54, 1.807) is 12.1 Å². The molecule has 1 aromatic heterocycles. The summed E-state index contributed by atoms with van der Waals surface area (Å²) in [5.41, 5.74) is 0.959. The standard InChI is InChI=1S/C22H24ClN5O3S2/c23-18-8-10-19(11-9-18)33(30,31)28-13-4-7-17(15-28)21(29)24-12-14-32-22-25-20(26-27-22)16-5-2-1-3-6-16/h1-3,5-6,8-11,17H,4,7,12-15H2,(H,24,29)(H,25,26,27). The second-order valence-electron chi connectivity index (χ2n) is 7.63. The van der Waals surface area contributed by atoms with Gasteiger partial charge in [0.2, 0.25) is 21.1 Å². The summed E-state index contributed by atoms with van der Waals surface area (Å²) >= 11 is 7.31. The summed E-state index contributed by atoms with van der Waals surface area (Å²) in [5.74, 6) is 0.800. The molecular weight excluding hydrogens is 482 g/mol. The van der Waals surface area contributed by atoms with E-state index < -0.39 is 10.0 Å². The third kappa shape index (κ3) is 5.94. The second-order valence-corrected chi connectivity index (χ2v) is 11.1. The minimum atomic E-state index is -3.66. The Kier molecular flexibility index (Phi) is 7.69. The number of rotatable bonds is 8. The van der Waals surface area contributed by atoms with E-state index in [0.717, 1.165) is 5.56 Å². The highest BCUT2D eigenvalue weighted by Crippen LogP contribution is 2.25. The van der Waals surface area contributed by atoms with Crippen LogP contribution < -0.4 is 5.32 Å². The molecule has 1 saturated heterocycles. The van der Waals surface area contributed by atoms with Gasteiger partial charge in [0.05, 0.1) is 10.8 Å². The molecule has 174 valence electrons. The molecule has 0 spiro atoms. The Bertz CT molecular complexity index is 1190. The number of thioether (sulfide) groups is 1. The number of benzene rings is 2. The fraction of sp³-hybridized carbons (Fsp3) is 0.318. The molecule has 1 aliphatic rings. The van der Waals surface area contributed by atoms with Gasteiger partial charge in [-0.3, -0.25) is 9.89 Å². The highest BCUT2D eigenvalue weighted by Gasteiger charge is 2.33. The Morgan fingerprint density at radius 3 is 2.70 bits per heavy atom. The van der Waals surface area contributed by atoms with Crippen LogP contribution >= 0.6 is 23.4 Å². The van der Waals surface area contributed by atoms with Gasteiger partial charge in [0, 0.05) is 36.0 Å². The van der Waals surface area contributed by atoms with Crippen LogP contribution in [0.5, 0.6) is 0 Å². The number of halogens is 1. The van der Waals surface area contributed by atoms with E-state index in [1.807, 2.05) is 30.3 Å². The van der Waals surface area contributed by atoms with Gasteiger partial charge in [-0.05, 0) is 37.1 Å². The number of H-pyrrole nitrogens is 1. The fourth-order valence-corrected chi connectivity index (χ4v) is 5.93. The summed E-state index contributed by atoms with van der Waals surface area (Å²) < 4.78 is 27.2. The van der Waals surface area contributed by atoms with Crippen molar-refractivity contribution >= 4 is 39.3 Å². The first kappa shape index (κ1) is 23.7. The average molecular weight is 506 g/mol. The molecule has 1 unspecified atom stereocenters. The summed E-state index contributed by atoms with van der Waals surface area (Å²) in [4.78, 5) is 17.3. The number of nitrogens with one attached hydrogen (secondary N) is 2. The van der Waals surface area contributed by atoms with E-state index in [4.69, 9.17) is 11.6 Å². The Labute approximate surface area is 202 Å². The lowest BCUT2D eigenvalue weighted by molar-refractivity contribution is -0.125. The van der Waals surface area contributed by atoms with Gasteiger partial charge in [-0.2, -0.15) is 4.31 Å². The highest BCUT2D eigenvalue weighted by atomic mass is 35.5. The molecular formula is C22H24ClN5O3S2. The van der Waals surface area contributed by atoms with E-state index in [1.165, 1.54) is 28.2 Å². The fourth-order valence-electron chi connectivity index (χ4n) is 3.63. The maximum absolute atomic E-state index is 12.9. The van der Waals surface area contributed by atoms with Crippen LogP contribution in [0.2, 0.25) is 5.02 Å². The van der Waals surface area contributed by atoms with E-state index in [2.05, 4.69) is 20.5 Å². The molecule has 0 aliphatic carbocycles. The SMILES string of the molecule is O=C(NCCSc1n[nH]c(-c2ccccc2)n1)C1CCCN(S(=O)(=O)c2ccc(Cl)cc2)C1. The summed E-state index contributed by atoms with van der Waals surface area (Å²) in [6.45, 7) is 1.02. The normalized spacial score (nSPS) is 17.1. The Balaban J connectivity index is 1.26. The van der Waals surface area contributed by atoms with E-state index >= 15 is 0 Å². The number of nitrogens with zero attached hydrogens (tertiary/aromatic N) is 3. The number of carbonyl (C=O) groups excluding carboxylic acids is 1. The summed E-state index contributed by atoms with van der Waals surface area (Å²) in [7, 11) is -3.66. The van der Waals surface area contributed by atoms with Gasteiger partial charge in [-0.15, -0.1) is 5.10 Å². The van der Waals surface area contributed by atoms with Crippen LogP contribution in [0, 0.1) is 5.92 Å². The number of aromatic amines is 1. The number of sulfonamides is 1. The summed E-state index contributed by atoms with van der Waals surface area (Å²) in [5, 5.41) is 11.1. The molecule has 11 heteroatoms. The Morgan fingerprint density at radius 2 is 1.94 bits per heavy atom. The number of aromatic nitrogens is 3.